The summed E-state index contributed by atoms with van der Waals surface area (Å²) in [5.41, 5.74) is 1.49. The van der Waals surface area contributed by atoms with Crippen LogP contribution >= 0.6 is 11.3 Å². The van der Waals surface area contributed by atoms with E-state index in [1.54, 1.807) is 0 Å². The van der Waals surface area contributed by atoms with E-state index in [1.807, 2.05) is 17.5 Å². The predicted molar refractivity (Wildman–Crippen MR) is 72.5 cm³/mol. The number of urea groups is 1. The third-order valence-electron chi connectivity index (χ3n) is 2.87. The van der Waals surface area contributed by atoms with Gasteiger partial charge in [0, 0.05) is 6.54 Å². The Morgan fingerprint density at radius 2 is 2.35 bits per heavy atom. The fourth-order valence-electron chi connectivity index (χ4n) is 1.97. The highest BCUT2D eigenvalue weighted by molar-refractivity contribution is 7.14. The van der Waals surface area contributed by atoms with Crippen molar-refractivity contribution in [2.24, 2.45) is 0 Å². The summed E-state index contributed by atoms with van der Waals surface area (Å²) in [5.74, 6) is 0. The molecule has 17 heavy (non-hydrogen) atoms. The van der Waals surface area contributed by atoms with Gasteiger partial charge in [0.1, 0.15) is 0 Å². The van der Waals surface area contributed by atoms with Crippen LogP contribution < -0.4 is 10.6 Å². The van der Waals surface area contributed by atoms with Crippen LogP contribution in [0.1, 0.15) is 32.1 Å². The molecule has 0 saturated carbocycles. The maximum absolute atomic E-state index is 11.5. The topological polar surface area (TPSA) is 41.1 Å². The van der Waals surface area contributed by atoms with E-state index in [-0.39, 0.29) is 6.03 Å². The van der Waals surface area contributed by atoms with Crippen LogP contribution in [0, 0.1) is 0 Å². The minimum absolute atomic E-state index is 0.108. The standard InChI is InChI=1S/C13H18N2OS/c16-13(15-12-7-4-10-17-12)14-9-8-11-5-2-1-3-6-11/h4-5,7,10H,1-3,6,8-9H2,(H2,14,15,16). The summed E-state index contributed by atoms with van der Waals surface area (Å²) in [7, 11) is 0. The Kier molecular flexibility index (Phi) is 4.62. The summed E-state index contributed by atoms with van der Waals surface area (Å²) in [4.78, 5) is 11.5. The summed E-state index contributed by atoms with van der Waals surface area (Å²) in [6.45, 7) is 0.725. The number of hydrogen-bond acceptors (Lipinski definition) is 2. The van der Waals surface area contributed by atoms with Crippen molar-refractivity contribution < 1.29 is 4.79 Å². The van der Waals surface area contributed by atoms with Gasteiger partial charge in [0.25, 0.3) is 0 Å². The van der Waals surface area contributed by atoms with Crippen molar-refractivity contribution in [3.63, 3.8) is 0 Å². The van der Waals surface area contributed by atoms with Crippen LogP contribution in [-0.2, 0) is 0 Å². The molecule has 0 aliphatic heterocycles. The Labute approximate surface area is 106 Å². The van der Waals surface area contributed by atoms with Crippen molar-refractivity contribution >= 4 is 22.4 Å². The Balaban J connectivity index is 1.64. The van der Waals surface area contributed by atoms with E-state index in [9.17, 15) is 4.79 Å². The fourth-order valence-corrected chi connectivity index (χ4v) is 2.59. The van der Waals surface area contributed by atoms with Crippen LogP contribution in [0.3, 0.4) is 0 Å². The number of carbonyl (C=O) groups excluding carboxylic acids is 1. The van der Waals surface area contributed by atoms with Crippen LogP contribution in [0.25, 0.3) is 0 Å². The molecular formula is C13H18N2OS. The van der Waals surface area contributed by atoms with Gasteiger partial charge in [-0.1, -0.05) is 11.6 Å². The molecule has 92 valence electrons. The van der Waals surface area contributed by atoms with Gasteiger partial charge in [-0.2, -0.15) is 0 Å². The Hall–Kier alpha value is -1.29. The zero-order valence-electron chi connectivity index (χ0n) is 9.87. The summed E-state index contributed by atoms with van der Waals surface area (Å²) >= 11 is 1.53. The molecule has 2 N–H and O–H groups in total. The Morgan fingerprint density at radius 3 is 3.06 bits per heavy atom. The lowest BCUT2D eigenvalue weighted by molar-refractivity contribution is 0.252. The second-order valence-corrected chi connectivity index (χ2v) is 5.16. The molecule has 0 fully saturated rings. The van der Waals surface area contributed by atoms with Crippen molar-refractivity contribution in [2.45, 2.75) is 32.1 Å². The third kappa shape index (κ3) is 4.23. The van der Waals surface area contributed by atoms with Crippen molar-refractivity contribution in [1.82, 2.24) is 5.32 Å². The lowest BCUT2D eigenvalue weighted by Gasteiger charge is -2.12. The smallest absolute Gasteiger partial charge is 0.319 e. The predicted octanol–water partition coefficient (Wildman–Crippen LogP) is 3.76. The van der Waals surface area contributed by atoms with Crippen LogP contribution in [0.2, 0.25) is 0 Å². The van der Waals surface area contributed by atoms with E-state index in [2.05, 4.69) is 16.7 Å². The highest BCUT2D eigenvalue weighted by atomic mass is 32.1. The normalized spacial score (nSPS) is 15.2. The summed E-state index contributed by atoms with van der Waals surface area (Å²) < 4.78 is 0. The zero-order valence-corrected chi connectivity index (χ0v) is 10.7. The fraction of sp³-hybridized carbons (Fsp3) is 0.462. The summed E-state index contributed by atoms with van der Waals surface area (Å²) in [6.07, 6.45) is 8.33. The highest BCUT2D eigenvalue weighted by Gasteiger charge is 2.05. The lowest BCUT2D eigenvalue weighted by atomic mass is 9.97. The van der Waals surface area contributed by atoms with Gasteiger partial charge in [-0.25, -0.2) is 4.79 Å². The number of nitrogens with one attached hydrogen (secondary N) is 2. The van der Waals surface area contributed by atoms with Crippen LogP contribution in [0.15, 0.2) is 29.2 Å². The third-order valence-corrected chi connectivity index (χ3v) is 3.66. The molecular weight excluding hydrogens is 232 g/mol. The van der Waals surface area contributed by atoms with E-state index in [1.165, 1.54) is 42.6 Å². The average Bonchev–Trinajstić information content (AvgIpc) is 2.83. The van der Waals surface area contributed by atoms with E-state index < -0.39 is 0 Å². The Morgan fingerprint density at radius 1 is 1.41 bits per heavy atom. The molecule has 1 aliphatic rings. The van der Waals surface area contributed by atoms with Gasteiger partial charge in [-0.3, -0.25) is 5.32 Å². The first-order chi connectivity index (χ1) is 8.34. The molecule has 0 bridgehead atoms. The van der Waals surface area contributed by atoms with Crippen molar-refractivity contribution in [1.29, 1.82) is 0 Å². The van der Waals surface area contributed by atoms with E-state index >= 15 is 0 Å². The molecule has 0 saturated heterocycles. The van der Waals surface area contributed by atoms with Gasteiger partial charge in [0.05, 0.1) is 5.00 Å². The van der Waals surface area contributed by atoms with Gasteiger partial charge < -0.3 is 5.32 Å². The van der Waals surface area contributed by atoms with Crippen molar-refractivity contribution in [2.75, 3.05) is 11.9 Å². The molecule has 0 spiro atoms. The van der Waals surface area contributed by atoms with Crippen molar-refractivity contribution in [3.05, 3.63) is 29.2 Å². The largest absolute Gasteiger partial charge is 0.338 e. The second kappa shape index (κ2) is 6.45. The number of allylic oxidation sites excluding steroid dienone is 1. The number of anilines is 1. The monoisotopic (exact) mass is 250 g/mol. The molecule has 3 nitrogen and oxygen atoms in total. The summed E-state index contributed by atoms with van der Waals surface area (Å²) in [5, 5.41) is 8.53. The van der Waals surface area contributed by atoms with Crippen LogP contribution in [0.4, 0.5) is 9.80 Å². The number of hydrogen-bond donors (Lipinski definition) is 2. The van der Waals surface area contributed by atoms with Crippen molar-refractivity contribution in [3.8, 4) is 0 Å². The quantitative estimate of drug-likeness (QED) is 0.785. The molecule has 0 atom stereocenters. The molecule has 2 amide bonds. The SMILES string of the molecule is O=C(NCCC1=CCCCC1)Nc1cccs1. The van der Waals surface area contributed by atoms with Gasteiger partial charge >= 0.3 is 6.03 Å². The van der Waals surface area contributed by atoms with Gasteiger partial charge in [-0.05, 0) is 49.6 Å². The first-order valence-corrected chi connectivity index (χ1v) is 6.99. The molecule has 1 heterocycles. The molecule has 2 rings (SSSR count). The highest BCUT2D eigenvalue weighted by Crippen LogP contribution is 2.19. The molecule has 4 heteroatoms. The molecule has 1 aromatic heterocycles. The average molecular weight is 250 g/mol. The maximum atomic E-state index is 11.5. The van der Waals surface area contributed by atoms with Gasteiger partial charge in [-0.15, -0.1) is 11.3 Å². The first-order valence-electron chi connectivity index (χ1n) is 6.11. The minimum atomic E-state index is -0.108. The number of amides is 2. The van der Waals surface area contributed by atoms with E-state index in [4.69, 9.17) is 0 Å². The molecule has 0 radical (unpaired) electrons. The molecule has 1 aliphatic carbocycles. The van der Waals surface area contributed by atoms with Gasteiger partial charge in [0.15, 0.2) is 0 Å². The lowest BCUT2D eigenvalue weighted by Crippen LogP contribution is -2.29. The zero-order chi connectivity index (χ0) is 11.9. The maximum Gasteiger partial charge on any atom is 0.319 e. The van der Waals surface area contributed by atoms with Gasteiger partial charge in [0.2, 0.25) is 0 Å². The molecule has 0 unspecified atom stereocenters. The van der Waals surface area contributed by atoms with Crippen LogP contribution in [-0.4, -0.2) is 12.6 Å². The van der Waals surface area contributed by atoms with Crippen LogP contribution in [0.5, 0.6) is 0 Å². The Bertz CT molecular complexity index is 384. The second-order valence-electron chi connectivity index (χ2n) is 4.22. The van der Waals surface area contributed by atoms with E-state index in [0.29, 0.717) is 0 Å². The first kappa shape index (κ1) is 12.2. The number of carbonyl (C=O) groups is 1. The number of thiophene rings is 1. The number of rotatable bonds is 4. The molecule has 0 aromatic carbocycles. The molecule has 1 aromatic rings. The summed E-state index contributed by atoms with van der Waals surface area (Å²) in [6, 6.07) is 3.71. The minimum Gasteiger partial charge on any atom is -0.338 e. The van der Waals surface area contributed by atoms with E-state index in [0.717, 1.165) is 18.0 Å².